The van der Waals surface area contributed by atoms with E-state index in [1.165, 1.54) is 7.05 Å². The standard InChI is InChI=1S/C16H20N2O8/c1-17(11(20)5-4-10-19)25-14(23)16(8-2-3-9-16)15(24)26-18-12(21)6-7-13(18)22/h10H,2-9H2,1H3. The van der Waals surface area contributed by atoms with Gasteiger partial charge in [-0.15, -0.1) is 5.06 Å². The molecule has 0 bridgehead atoms. The van der Waals surface area contributed by atoms with Gasteiger partial charge in [0.2, 0.25) is 0 Å². The zero-order valence-corrected chi connectivity index (χ0v) is 14.4. The molecule has 1 aliphatic heterocycles. The number of carbonyl (C=O) groups is 6. The third-order valence-corrected chi connectivity index (χ3v) is 4.47. The first-order chi connectivity index (χ1) is 12.3. The fourth-order valence-electron chi connectivity index (χ4n) is 2.90. The number of hydrogen-bond donors (Lipinski definition) is 0. The van der Waals surface area contributed by atoms with Gasteiger partial charge in [0.05, 0.1) is 0 Å². The molecule has 0 aromatic heterocycles. The normalized spacial score (nSPS) is 18.6. The molecule has 0 aromatic rings. The molecule has 3 amide bonds. The van der Waals surface area contributed by atoms with Gasteiger partial charge in [-0.05, 0) is 12.8 Å². The van der Waals surface area contributed by atoms with Crippen LogP contribution in [-0.2, 0) is 38.4 Å². The van der Waals surface area contributed by atoms with Crippen LogP contribution in [0.1, 0.15) is 51.4 Å². The summed E-state index contributed by atoms with van der Waals surface area (Å²) in [5, 5.41) is 1.06. The van der Waals surface area contributed by atoms with Gasteiger partial charge in [0.15, 0.2) is 5.41 Å². The number of amides is 3. The molecule has 2 rings (SSSR count). The van der Waals surface area contributed by atoms with E-state index in [-0.39, 0.29) is 38.5 Å². The van der Waals surface area contributed by atoms with Crippen molar-refractivity contribution in [3.05, 3.63) is 0 Å². The van der Waals surface area contributed by atoms with E-state index in [2.05, 4.69) is 0 Å². The third-order valence-electron chi connectivity index (χ3n) is 4.47. The van der Waals surface area contributed by atoms with Crippen molar-refractivity contribution in [2.75, 3.05) is 7.05 Å². The lowest BCUT2D eigenvalue weighted by Crippen LogP contribution is -2.46. The van der Waals surface area contributed by atoms with Crippen LogP contribution in [0.25, 0.3) is 0 Å². The summed E-state index contributed by atoms with van der Waals surface area (Å²) in [6, 6.07) is 0. The Morgan fingerprint density at radius 1 is 1.12 bits per heavy atom. The molecule has 0 spiro atoms. The molecule has 26 heavy (non-hydrogen) atoms. The van der Waals surface area contributed by atoms with Crippen LogP contribution >= 0.6 is 0 Å². The van der Waals surface area contributed by atoms with Crippen molar-refractivity contribution in [1.29, 1.82) is 0 Å². The predicted molar refractivity (Wildman–Crippen MR) is 82.2 cm³/mol. The molecule has 142 valence electrons. The molecule has 0 atom stereocenters. The van der Waals surface area contributed by atoms with Crippen LogP contribution in [0.15, 0.2) is 0 Å². The Balaban J connectivity index is 2.08. The number of hydrogen-bond acceptors (Lipinski definition) is 8. The molecular weight excluding hydrogens is 348 g/mol. The molecule has 0 aromatic carbocycles. The maximum Gasteiger partial charge on any atom is 0.350 e. The maximum atomic E-state index is 12.6. The zero-order chi connectivity index (χ0) is 19.3. The molecular formula is C16H20N2O8. The van der Waals surface area contributed by atoms with Crippen molar-refractivity contribution in [2.24, 2.45) is 5.41 Å². The van der Waals surface area contributed by atoms with Gasteiger partial charge >= 0.3 is 11.9 Å². The van der Waals surface area contributed by atoms with Gasteiger partial charge in [0, 0.05) is 32.7 Å². The highest BCUT2D eigenvalue weighted by molar-refractivity contribution is 6.04. The summed E-state index contributed by atoms with van der Waals surface area (Å²) in [5.41, 5.74) is -1.68. The van der Waals surface area contributed by atoms with Crippen molar-refractivity contribution < 1.29 is 38.4 Å². The first-order valence-electron chi connectivity index (χ1n) is 8.32. The molecule has 1 saturated heterocycles. The Labute approximate surface area is 149 Å². The Morgan fingerprint density at radius 3 is 2.23 bits per heavy atom. The monoisotopic (exact) mass is 368 g/mol. The van der Waals surface area contributed by atoms with Gasteiger partial charge in [-0.25, -0.2) is 9.59 Å². The molecule has 1 heterocycles. The molecule has 1 saturated carbocycles. The SMILES string of the molecule is CN(OC(=O)C1(C(=O)ON2C(=O)CCC2=O)CCCC1)C(=O)CCC=O. The van der Waals surface area contributed by atoms with E-state index in [0.717, 1.165) is 0 Å². The minimum Gasteiger partial charge on any atom is -0.337 e. The Bertz CT molecular complexity index is 622. The summed E-state index contributed by atoms with van der Waals surface area (Å²) in [7, 11) is 1.20. The third kappa shape index (κ3) is 3.89. The summed E-state index contributed by atoms with van der Waals surface area (Å²) < 4.78 is 0. The van der Waals surface area contributed by atoms with Crippen molar-refractivity contribution in [1.82, 2.24) is 10.1 Å². The average molecular weight is 368 g/mol. The molecule has 10 nitrogen and oxygen atoms in total. The average Bonchev–Trinajstić information content (AvgIpc) is 3.22. The molecule has 0 radical (unpaired) electrons. The molecule has 10 heteroatoms. The quantitative estimate of drug-likeness (QED) is 0.278. The Morgan fingerprint density at radius 2 is 1.69 bits per heavy atom. The number of nitrogens with zero attached hydrogens (tertiary/aromatic N) is 2. The smallest absolute Gasteiger partial charge is 0.337 e. The van der Waals surface area contributed by atoms with Crippen LogP contribution in [0.2, 0.25) is 0 Å². The Hall–Kier alpha value is -2.78. The van der Waals surface area contributed by atoms with Crippen LogP contribution in [0.4, 0.5) is 0 Å². The maximum absolute atomic E-state index is 12.6. The van der Waals surface area contributed by atoms with Gasteiger partial charge in [0.25, 0.3) is 17.7 Å². The van der Waals surface area contributed by atoms with Crippen LogP contribution in [0.5, 0.6) is 0 Å². The fourth-order valence-corrected chi connectivity index (χ4v) is 2.90. The van der Waals surface area contributed by atoms with E-state index in [4.69, 9.17) is 9.68 Å². The highest BCUT2D eigenvalue weighted by atomic mass is 16.7. The largest absolute Gasteiger partial charge is 0.350 e. The molecule has 1 aliphatic carbocycles. The highest BCUT2D eigenvalue weighted by Gasteiger charge is 2.53. The first kappa shape index (κ1) is 19.5. The zero-order valence-electron chi connectivity index (χ0n) is 14.4. The summed E-state index contributed by atoms with van der Waals surface area (Å²) in [4.78, 5) is 80.3. The van der Waals surface area contributed by atoms with E-state index in [0.29, 0.717) is 29.3 Å². The van der Waals surface area contributed by atoms with Gasteiger partial charge in [-0.2, -0.15) is 5.06 Å². The van der Waals surface area contributed by atoms with E-state index in [1.54, 1.807) is 0 Å². The number of carbonyl (C=O) groups excluding carboxylic acids is 6. The summed E-state index contributed by atoms with van der Waals surface area (Å²) in [6.07, 6.45) is 1.63. The molecule has 0 N–H and O–H groups in total. The topological polar surface area (TPSA) is 127 Å². The van der Waals surface area contributed by atoms with Crippen LogP contribution in [0, 0.1) is 5.41 Å². The minimum absolute atomic E-state index is 0.0207. The minimum atomic E-state index is -1.68. The number of aldehydes is 1. The number of rotatable bonds is 6. The second-order valence-electron chi connectivity index (χ2n) is 6.23. The van der Waals surface area contributed by atoms with E-state index >= 15 is 0 Å². The molecule has 0 unspecified atom stereocenters. The predicted octanol–water partition coefficient (Wildman–Crippen LogP) is 0.0497. The summed E-state index contributed by atoms with van der Waals surface area (Å²) >= 11 is 0. The Kier molecular flexibility index (Phi) is 6.06. The number of hydroxylamine groups is 4. The van der Waals surface area contributed by atoms with E-state index in [1.807, 2.05) is 0 Å². The lowest BCUT2D eigenvalue weighted by molar-refractivity contribution is -0.218. The van der Waals surface area contributed by atoms with Crippen LogP contribution < -0.4 is 0 Å². The molecule has 2 aliphatic rings. The van der Waals surface area contributed by atoms with Crippen molar-refractivity contribution in [2.45, 2.75) is 51.4 Å². The van der Waals surface area contributed by atoms with Crippen LogP contribution in [0.3, 0.4) is 0 Å². The van der Waals surface area contributed by atoms with Gasteiger partial charge < -0.3 is 14.5 Å². The second kappa shape index (κ2) is 8.07. The van der Waals surface area contributed by atoms with E-state index in [9.17, 15) is 28.8 Å². The lowest BCUT2D eigenvalue weighted by Gasteiger charge is -2.27. The summed E-state index contributed by atoms with van der Waals surface area (Å²) in [5.74, 6) is -3.92. The van der Waals surface area contributed by atoms with Crippen molar-refractivity contribution >= 4 is 35.9 Å². The highest BCUT2D eigenvalue weighted by Crippen LogP contribution is 2.41. The summed E-state index contributed by atoms with van der Waals surface area (Å²) in [6.45, 7) is 0. The lowest BCUT2D eigenvalue weighted by atomic mass is 9.86. The second-order valence-corrected chi connectivity index (χ2v) is 6.23. The number of imide groups is 1. The van der Waals surface area contributed by atoms with Gasteiger partial charge in [-0.3, -0.25) is 14.4 Å². The van der Waals surface area contributed by atoms with E-state index < -0.39 is 35.1 Å². The van der Waals surface area contributed by atoms with Crippen molar-refractivity contribution in [3.63, 3.8) is 0 Å². The fraction of sp³-hybridized carbons (Fsp3) is 0.625. The van der Waals surface area contributed by atoms with Gasteiger partial charge in [0.1, 0.15) is 6.29 Å². The van der Waals surface area contributed by atoms with Gasteiger partial charge in [-0.1, -0.05) is 12.8 Å². The first-order valence-corrected chi connectivity index (χ1v) is 8.32. The molecule has 2 fully saturated rings. The van der Waals surface area contributed by atoms with Crippen molar-refractivity contribution in [3.8, 4) is 0 Å². The van der Waals surface area contributed by atoms with Crippen LogP contribution in [-0.4, -0.2) is 53.1 Å².